The molecular weight excluding hydrogens is 276 g/mol. The number of rotatable bonds is 13. The summed E-state index contributed by atoms with van der Waals surface area (Å²) in [6.07, 6.45) is 8.04. The number of unbranched alkanes of at least 4 members (excludes halogenated alkanes) is 6. The van der Waals surface area contributed by atoms with Gasteiger partial charge in [-0.1, -0.05) is 32.1 Å². The zero-order valence-corrected chi connectivity index (χ0v) is 13.0. The first kappa shape index (κ1) is 19.2. The van der Waals surface area contributed by atoms with Crippen molar-refractivity contribution >= 4 is 24.5 Å². The van der Waals surface area contributed by atoms with E-state index in [1.54, 1.807) is 0 Å². The van der Waals surface area contributed by atoms with Gasteiger partial charge in [0, 0.05) is 13.0 Å². The van der Waals surface area contributed by atoms with Gasteiger partial charge in [-0.3, -0.25) is 9.59 Å². The minimum atomic E-state index is -0.711. The molecule has 118 valence electrons. The van der Waals surface area contributed by atoms with Crippen LogP contribution in [0.2, 0.25) is 0 Å². The van der Waals surface area contributed by atoms with Gasteiger partial charge in [0.05, 0.1) is 6.04 Å². The van der Waals surface area contributed by atoms with E-state index in [-0.39, 0.29) is 12.3 Å². The second kappa shape index (κ2) is 13.2. The molecule has 0 aliphatic rings. The molecule has 0 aromatic carbocycles. The van der Waals surface area contributed by atoms with Gasteiger partial charge in [-0.25, -0.2) is 0 Å². The van der Waals surface area contributed by atoms with E-state index in [0.717, 1.165) is 44.9 Å². The quantitative estimate of drug-likeness (QED) is 0.309. The highest BCUT2D eigenvalue weighted by Gasteiger charge is 2.10. The minimum Gasteiger partial charge on any atom is -0.481 e. The molecular formula is C14H28N2O3S. The van der Waals surface area contributed by atoms with E-state index in [0.29, 0.717) is 18.7 Å². The number of carbonyl (C=O) groups excluding carboxylic acids is 1. The van der Waals surface area contributed by atoms with Gasteiger partial charge in [-0.15, -0.1) is 0 Å². The van der Waals surface area contributed by atoms with Crippen molar-refractivity contribution in [1.82, 2.24) is 5.32 Å². The van der Waals surface area contributed by atoms with Crippen LogP contribution in [0.25, 0.3) is 0 Å². The summed E-state index contributed by atoms with van der Waals surface area (Å²) in [6.45, 7) is 0.679. The average Bonchev–Trinajstić information content (AvgIpc) is 2.40. The summed E-state index contributed by atoms with van der Waals surface area (Å²) in [5.74, 6) is -0.180. The molecule has 0 fully saturated rings. The summed E-state index contributed by atoms with van der Waals surface area (Å²) in [6, 6.07) is -0.443. The fraction of sp³-hybridized carbons (Fsp3) is 0.857. The number of hydrogen-bond acceptors (Lipinski definition) is 4. The van der Waals surface area contributed by atoms with E-state index in [4.69, 9.17) is 10.8 Å². The summed E-state index contributed by atoms with van der Waals surface area (Å²) in [4.78, 5) is 21.8. The zero-order chi connectivity index (χ0) is 15.2. The highest BCUT2D eigenvalue weighted by atomic mass is 32.1. The van der Waals surface area contributed by atoms with Crippen LogP contribution in [-0.4, -0.2) is 35.3 Å². The smallest absolute Gasteiger partial charge is 0.303 e. The third-order valence-corrected chi connectivity index (χ3v) is 3.40. The number of carboxylic acids is 1. The van der Waals surface area contributed by atoms with Crippen LogP contribution in [0.4, 0.5) is 0 Å². The molecule has 0 heterocycles. The molecule has 0 saturated carbocycles. The maximum absolute atomic E-state index is 11.5. The van der Waals surface area contributed by atoms with Crippen LogP contribution < -0.4 is 11.1 Å². The number of amides is 1. The molecule has 1 unspecified atom stereocenters. The number of nitrogens with one attached hydrogen (secondary N) is 1. The molecule has 1 amide bonds. The van der Waals surface area contributed by atoms with Crippen molar-refractivity contribution in [3.8, 4) is 0 Å². The minimum absolute atomic E-state index is 0.0901. The molecule has 5 nitrogen and oxygen atoms in total. The first-order chi connectivity index (χ1) is 9.57. The molecule has 0 radical (unpaired) electrons. The first-order valence-electron chi connectivity index (χ1n) is 7.44. The lowest BCUT2D eigenvalue weighted by molar-refractivity contribution is -0.137. The third-order valence-electron chi connectivity index (χ3n) is 3.14. The fourth-order valence-electron chi connectivity index (χ4n) is 1.90. The Bertz CT molecular complexity index is 275. The van der Waals surface area contributed by atoms with Gasteiger partial charge in [0.25, 0.3) is 0 Å². The Balaban J connectivity index is 3.24. The van der Waals surface area contributed by atoms with Gasteiger partial charge in [-0.2, -0.15) is 12.6 Å². The highest BCUT2D eigenvalue weighted by Crippen LogP contribution is 2.08. The number of carboxylic acid groups (broad SMARTS) is 1. The lowest BCUT2D eigenvalue weighted by Gasteiger charge is -2.10. The molecule has 0 bridgehead atoms. The number of carbonyl (C=O) groups is 2. The van der Waals surface area contributed by atoms with Gasteiger partial charge < -0.3 is 16.2 Å². The maximum Gasteiger partial charge on any atom is 0.303 e. The SMILES string of the molecule is NC(CCS)C(=O)NCCCCCCCCCC(=O)O. The van der Waals surface area contributed by atoms with E-state index in [2.05, 4.69) is 17.9 Å². The molecule has 0 aromatic rings. The van der Waals surface area contributed by atoms with E-state index in [9.17, 15) is 9.59 Å². The Morgan fingerprint density at radius 1 is 1.05 bits per heavy atom. The molecule has 0 spiro atoms. The largest absolute Gasteiger partial charge is 0.481 e. The summed E-state index contributed by atoms with van der Waals surface area (Å²) >= 11 is 4.05. The lowest BCUT2D eigenvalue weighted by Crippen LogP contribution is -2.41. The Hall–Kier alpha value is -0.750. The summed E-state index contributed by atoms with van der Waals surface area (Å²) in [5, 5.41) is 11.3. The van der Waals surface area contributed by atoms with Crippen LogP contribution in [0.3, 0.4) is 0 Å². The van der Waals surface area contributed by atoms with Crippen molar-refractivity contribution in [1.29, 1.82) is 0 Å². The van der Waals surface area contributed by atoms with Crippen LogP contribution in [0, 0.1) is 0 Å². The summed E-state index contributed by atoms with van der Waals surface area (Å²) < 4.78 is 0. The van der Waals surface area contributed by atoms with Gasteiger partial charge >= 0.3 is 5.97 Å². The number of aliphatic carboxylic acids is 1. The molecule has 0 saturated heterocycles. The van der Waals surface area contributed by atoms with E-state index in [1.807, 2.05) is 0 Å². The van der Waals surface area contributed by atoms with Crippen LogP contribution >= 0.6 is 12.6 Å². The van der Waals surface area contributed by atoms with Crippen molar-refractivity contribution in [2.24, 2.45) is 5.73 Å². The van der Waals surface area contributed by atoms with E-state index in [1.165, 1.54) is 0 Å². The molecule has 0 aliphatic heterocycles. The van der Waals surface area contributed by atoms with E-state index < -0.39 is 12.0 Å². The Labute approximate surface area is 127 Å². The molecule has 20 heavy (non-hydrogen) atoms. The lowest BCUT2D eigenvalue weighted by atomic mass is 10.1. The van der Waals surface area contributed by atoms with E-state index >= 15 is 0 Å². The van der Waals surface area contributed by atoms with Gasteiger partial charge in [0.2, 0.25) is 5.91 Å². The fourth-order valence-corrected chi connectivity index (χ4v) is 2.18. The number of thiol groups is 1. The molecule has 4 N–H and O–H groups in total. The number of nitrogens with two attached hydrogens (primary N) is 1. The topological polar surface area (TPSA) is 92.4 Å². The summed E-state index contributed by atoms with van der Waals surface area (Å²) in [7, 11) is 0. The predicted molar refractivity (Wildman–Crippen MR) is 84.0 cm³/mol. The van der Waals surface area contributed by atoms with Crippen molar-refractivity contribution < 1.29 is 14.7 Å². The van der Waals surface area contributed by atoms with Crippen LogP contribution in [0.1, 0.15) is 57.8 Å². The summed E-state index contributed by atoms with van der Waals surface area (Å²) in [5.41, 5.74) is 5.66. The van der Waals surface area contributed by atoms with Crippen LogP contribution in [-0.2, 0) is 9.59 Å². The predicted octanol–water partition coefficient (Wildman–Crippen LogP) is 1.96. The van der Waals surface area contributed by atoms with Crippen molar-refractivity contribution in [2.45, 2.75) is 63.8 Å². The second-order valence-corrected chi connectivity index (χ2v) is 5.48. The first-order valence-corrected chi connectivity index (χ1v) is 8.07. The molecule has 0 aliphatic carbocycles. The monoisotopic (exact) mass is 304 g/mol. The van der Waals surface area contributed by atoms with Crippen LogP contribution in [0.15, 0.2) is 0 Å². The molecule has 6 heteroatoms. The van der Waals surface area contributed by atoms with Gasteiger partial charge in [0.1, 0.15) is 0 Å². The Kier molecular flexibility index (Phi) is 12.7. The second-order valence-electron chi connectivity index (χ2n) is 5.03. The Morgan fingerprint density at radius 3 is 2.15 bits per heavy atom. The van der Waals surface area contributed by atoms with Gasteiger partial charge in [-0.05, 0) is 25.0 Å². The molecule has 0 rings (SSSR count). The zero-order valence-electron chi connectivity index (χ0n) is 12.1. The number of hydrogen-bond donors (Lipinski definition) is 4. The van der Waals surface area contributed by atoms with Crippen LogP contribution in [0.5, 0.6) is 0 Å². The standard InChI is InChI=1S/C14H28N2O3S/c15-12(9-11-20)14(19)16-10-7-5-3-1-2-4-6-8-13(17)18/h12,20H,1-11,15H2,(H,16,19)(H,17,18). The normalized spacial score (nSPS) is 12.1. The van der Waals surface area contributed by atoms with Gasteiger partial charge in [0.15, 0.2) is 0 Å². The Morgan fingerprint density at radius 2 is 1.60 bits per heavy atom. The third kappa shape index (κ3) is 12.3. The van der Waals surface area contributed by atoms with Crippen molar-refractivity contribution in [2.75, 3.05) is 12.3 Å². The van der Waals surface area contributed by atoms with Crippen molar-refractivity contribution in [3.05, 3.63) is 0 Å². The molecule has 1 atom stereocenters. The van der Waals surface area contributed by atoms with Crippen molar-refractivity contribution in [3.63, 3.8) is 0 Å². The highest BCUT2D eigenvalue weighted by molar-refractivity contribution is 7.80. The molecule has 0 aromatic heterocycles. The average molecular weight is 304 g/mol. The maximum atomic E-state index is 11.5.